The normalized spacial score (nSPS) is 12.9. The van der Waals surface area contributed by atoms with Crippen molar-refractivity contribution in [2.24, 2.45) is 12.9 Å². The second-order valence-electron chi connectivity index (χ2n) is 3.81. The first-order valence-electron chi connectivity index (χ1n) is 5.16. The van der Waals surface area contributed by atoms with E-state index in [9.17, 15) is 0 Å². The van der Waals surface area contributed by atoms with E-state index < -0.39 is 0 Å². The van der Waals surface area contributed by atoms with Crippen molar-refractivity contribution >= 4 is 22.9 Å². The molecule has 92 valence electrons. The molecule has 1 atom stereocenters. The smallest absolute Gasteiger partial charge is 0.130 e. The predicted molar refractivity (Wildman–Crippen MR) is 68.8 cm³/mol. The van der Waals surface area contributed by atoms with Gasteiger partial charge in [-0.25, -0.2) is 0 Å². The Bertz CT molecular complexity index is 493. The molecule has 1 unspecified atom stereocenters. The first kappa shape index (κ1) is 12.5. The molecule has 5 nitrogen and oxygen atoms in total. The molecule has 2 heterocycles. The Morgan fingerprint density at radius 2 is 2.41 bits per heavy atom. The lowest BCUT2D eigenvalue weighted by atomic mass is 10.1. The molecule has 0 aromatic carbocycles. The summed E-state index contributed by atoms with van der Waals surface area (Å²) in [5.74, 6) is 5.58. The number of thiazole rings is 1. The molecule has 2 aromatic rings. The van der Waals surface area contributed by atoms with E-state index in [-0.39, 0.29) is 6.04 Å². The molecular weight excluding hydrogens is 258 g/mol. The molecule has 0 fully saturated rings. The van der Waals surface area contributed by atoms with Gasteiger partial charge in [0, 0.05) is 23.7 Å². The Labute approximate surface area is 109 Å². The monoisotopic (exact) mass is 271 g/mol. The Balaban J connectivity index is 2.24. The van der Waals surface area contributed by atoms with Crippen molar-refractivity contribution in [3.05, 3.63) is 33.0 Å². The number of rotatable bonds is 4. The fraction of sp³-hybridized carbons (Fsp3) is 0.400. The van der Waals surface area contributed by atoms with Gasteiger partial charge in [0.15, 0.2) is 0 Å². The molecule has 7 heteroatoms. The Kier molecular flexibility index (Phi) is 3.78. The molecule has 3 N–H and O–H groups in total. The SMILES string of the molecule is Cc1nn(C)c(Cl)c1CC(NN)c1cncs1. The summed E-state index contributed by atoms with van der Waals surface area (Å²) in [5.41, 5.74) is 6.53. The number of aryl methyl sites for hydroxylation is 2. The van der Waals surface area contributed by atoms with Gasteiger partial charge in [-0.15, -0.1) is 11.3 Å². The molecule has 2 rings (SSSR count). The highest BCUT2D eigenvalue weighted by atomic mass is 35.5. The maximum atomic E-state index is 6.20. The second-order valence-corrected chi connectivity index (χ2v) is 5.08. The van der Waals surface area contributed by atoms with Crippen molar-refractivity contribution in [2.75, 3.05) is 0 Å². The summed E-state index contributed by atoms with van der Waals surface area (Å²) in [4.78, 5) is 5.14. The minimum absolute atomic E-state index is 0.0166. The van der Waals surface area contributed by atoms with E-state index in [2.05, 4.69) is 15.5 Å². The van der Waals surface area contributed by atoms with Crippen LogP contribution in [0.5, 0.6) is 0 Å². The summed E-state index contributed by atoms with van der Waals surface area (Å²) in [6.07, 6.45) is 2.52. The van der Waals surface area contributed by atoms with Gasteiger partial charge in [-0.1, -0.05) is 11.6 Å². The van der Waals surface area contributed by atoms with Gasteiger partial charge in [-0.3, -0.25) is 20.9 Å². The van der Waals surface area contributed by atoms with Gasteiger partial charge in [-0.05, 0) is 13.3 Å². The lowest BCUT2D eigenvalue weighted by Crippen LogP contribution is -2.29. The zero-order valence-electron chi connectivity index (χ0n) is 9.64. The van der Waals surface area contributed by atoms with E-state index in [0.29, 0.717) is 11.6 Å². The number of nitrogens with two attached hydrogens (primary N) is 1. The molecule has 0 aliphatic heterocycles. The first-order chi connectivity index (χ1) is 8.13. The van der Waals surface area contributed by atoms with Crippen LogP contribution in [-0.2, 0) is 13.5 Å². The van der Waals surface area contributed by atoms with Crippen LogP contribution in [0.1, 0.15) is 22.2 Å². The van der Waals surface area contributed by atoms with Crippen LogP contribution in [0, 0.1) is 6.92 Å². The van der Waals surface area contributed by atoms with Crippen LogP contribution in [-0.4, -0.2) is 14.8 Å². The zero-order chi connectivity index (χ0) is 12.4. The molecule has 0 saturated carbocycles. The number of halogens is 1. The average Bonchev–Trinajstić information content (AvgIpc) is 2.89. The summed E-state index contributed by atoms with van der Waals surface area (Å²) in [6, 6.07) is 0.0166. The van der Waals surface area contributed by atoms with Gasteiger partial charge < -0.3 is 0 Å². The van der Waals surface area contributed by atoms with Gasteiger partial charge in [-0.2, -0.15) is 5.10 Å². The maximum absolute atomic E-state index is 6.20. The third-order valence-corrected chi connectivity index (χ3v) is 4.04. The van der Waals surface area contributed by atoms with Gasteiger partial charge in [0.25, 0.3) is 0 Å². The third kappa shape index (κ3) is 2.50. The van der Waals surface area contributed by atoms with E-state index in [1.807, 2.05) is 20.2 Å². The topological polar surface area (TPSA) is 68.8 Å². The first-order valence-corrected chi connectivity index (χ1v) is 6.41. The van der Waals surface area contributed by atoms with E-state index in [4.69, 9.17) is 17.4 Å². The van der Waals surface area contributed by atoms with Crippen molar-refractivity contribution in [1.82, 2.24) is 20.2 Å². The molecule has 17 heavy (non-hydrogen) atoms. The minimum atomic E-state index is 0.0166. The second kappa shape index (κ2) is 5.14. The van der Waals surface area contributed by atoms with E-state index in [1.54, 1.807) is 21.5 Å². The van der Waals surface area contributed by atoms with Gasteiger partial charge in [0.1, 0.15) is 5.15 Å². The van der Waals surface area contributed by atoms with Crippen molar-refractivity contribution in [2.45, 2.75) is 19.4 Å². The standard InChI is InChI=1S/C10H14ClN5S/c1-6-7(10(11)16(2)15-6)3-8(14-12)9-4-13-5-17-9/h4-5,8,14H,3,12H2,1-2H3. The number of nitrogens with one attached hydrogen (secondary N) is 1. The number of hydrazine groups is 1. The highest BCUT2D eigenvalue weighted by Crippen LogP contribution is 2.26. The van der Waals surface area contributed by atoms with Crippen LogP contribution in [0.4, 0.5) is 0 Å². The van der Waals surface area contributed by atoms with E-state index in [0.717, 1.165) is 16.1 Å². The summed E-state index contributed by atoms with van der Waals surface area (Å²) >= 11 is 7.77. The fourth-order valence-electron chi connectivity index (χ4n) is 1.75. The number of hydrogen-bond acceptors (Lipinski definition) is 5. The third-order valence-electron chi connectivity index (χ3n) is 2.67. The lowest BCUT2D eigenvalue weighted by Gasteiger charge is -2.13. The highest BCUT2D eigenvalue weighted by molar-refractivity contribution is 7.09. The van der Waals surface area contributed by atoms with Crippen molar-refractivity contribution < 1.29 is 0 Å². The van der Waals surface area contributed by atoms with Crippen LogP contribution in [0.25, 0.3) is 0 Å². The van der Waals surface area contributed by atoms with Crippen LogP contribution in [0.15, 0.2) is 11.7 Å². The van der Waals surface area contributed by atoms with E-state index in [1.165, 1.54) is 0 Å². The summed E-state index contributed by atoms with van der Waals surface area (Å²) < 4.78 is 1.67. The van der Waals surface area contributed by atoms with Crippen molar-refractivity contribution in [1.29, 1.82) is 0 Å². The number of aromatic nitrogens is 3. The van der Waals surface area contributed by atoms with E-state index >= 15 is 0 Å². The number of hydrogen-bond donors (Lipinski definition) is 2. The molecular formula is C10H14ClN5S. The Morgan fingerprint density at radius 1 is 1.65 bits per heavy atom. The molecule has 0 radical (unpaired) electrons. The van der Waals surface area contributed by atoms with Gasteiger partial charge >= 0.3 is 0 Å². The summed E-state index contributed by atoms with van der Waals surface area (Å²) in [7, 11) is 1.83. The molecule has 2 aromatic heterocycles. The molecule has 0 aliphatic rings. The average molecular weight is 272 g/mol. The lowest BCUT2D eigenvalue weighted by molar-refractivity contribution is 0.558. The van der Waals surface area contributed by atoms with Crippen molar-refractivity contribution in [3.8, 4) is 0 Å². The largest absolute Gasteiger partial charge is 0.271 e. The zero-order valence-corrected chi connectivity index (χ0v) is 11.2. The van der Waals surface area contributed by atoms with Gasteiger partial charge in [0.2, 0.25) is 0 Å². The van der Waals surface area contributed by atoms with Crippen LogP contribution in [0.3, 0.4) is 0 Å². The molecule has 0 saturated heterocycles. The van der Waals surface area contributed by atoms with Crippen LogP contribution in [0.2, 0.25) is 5.15 Å². The summed E-state index contributed by atoms with van der Waals surface area (Å²) in [6.45, 7) is 1.95. The van der Waals surface area contributed by atoms with Crippen LogP contribution < -0.4 is 11.3 Å². The van der Waals surface area contributed by atoms with Gasteiger partial charge in [0.05, 0.1) is 17.2 Å². The minimum Gasteiger partial charge on any atom is -0.271 e. The predicted octanol–water partition coefficient (Wildman–Crippen LogP) is 1.59. The van der Waals surface area contributed by atoms with Crippen molar-refractivity contribution in [3.63, 3.8) is 0 Å². The fourth-order valence-corrected chi connectivity index (χ4v) is 2.68. The number of nitrogens with zero attached hydrogens (tertiary/aromatic N) is 3. The van der Waals surface area contributed by atoms with Crippen LogP contribution >= 0.6 is 22.9 Å². The molecule has 0 aliphatic carbocycles. The molecule has 0 bridgehead atoms. The highest BCUT2D eigenvalue weighted by Gasteiger charge is 2.18. The quantitative estimate of drug-likeness (QED) is 0.654. The maximum Gasteiger partial charge on any atom is 0.130 e. The summed E-state index contributed by atoms with van der Waals surface area (Å²) in [5, 5.41) is 4.94. The Morgan fingerprint density at radius 3 is 2.88 bits per heavy atom. The molecule has 0 spiro atoms. The Hall–Kier alpha value is -0.950. The molecule has 0 amide bonds.